The molecular weight excluding hydrogens is 405 g/mol. The lowest BCUT2D eigenvalue weighted by atomic mass is 9.76. The molecule has 7 heteroatoms. The summed E-state index contributed by atoms with van der Waals surface area (Å²) in [5, 5.41) is 0. The van der Waals surface area contributed by atoms with E-state index in [0.717, 1.165) is 60.9 Å². The van der Waals surface area contributed by atoms with E-state index in [1.165, 1.54) is 12.1 Å². The van der Waals surface area contributed by atoms with E-state index >= 15 is 0 Å². The van der Waals surface area contributed by atoms with Gasteiger partial charge >= 0.3 is 6.36 Å². The number of Topliss-reactive ketones (excluding diaryl/α,β-unsaturated/α-hetero) is 1. The second-order valence-electron chi connectivity index (χ2n) is 8.63. The number of hydrogen-bond donors (Lipinski definition) is 0. The molecule has 3 aromatic rings. The third-order valence-corrected chi connectivity index (χ3v) is 6.55. The van der Waals surface area contributed by atoms with Crippen LogP contribution in [0.5, 0.6) is 5.75 Å². The number of carbonyl (C=O) groups is 1. The Morgan fingerprint density at radius 2 is 1.61 bits per heavy atom. The molecule has 2 aromatic heterocycles. The topological polar surface area (TPSA) is 43.6 Å². The molecule has 0 saturated heterocycles. The number of pyridine rings is 1. The molecule has 0 N–H and O–H groups in total. The summed E-state index contributed by atoms with van der Waals surface area (Å²) in [5.74, 6) is 0.670. The van der Waals surface area contributed by atoms with Crippen LogP contribution in [0.3, 0.4) is 0 Å². The van der Waals surface area contributed by atoms with Crippen molar-refractivity contribution in [2.75, 3.05) is 0 Å². The number of benzene rings is 1. The number of ether oxygens (including phenoxy) is 1. The quantitative estimate of drug-likeness (QED) is 0.450. The predicted octanol–water partition coefficient (Wildman–Crippen LogP) is 6.27. The van der Waals surface area contributed by atoms with Gasteiger partial charge in [0, 0.05) is 5.92 Å². The minimum Gasteiger partial charge on any atom is -0.406 e. The second-order valence-corrected chi connectivity index (χ2v) is 8.63. The van der Waals surface area contributed by atoms with Gasteiger partial charge in [-0.05, 0) is 79.7 Å². The van der Waals surface area contributed by atoms with Crippen LogP contribution in [0.25, 0.3) is 5.52 Å². The SMILES string of the molecule is O=C(c1c(C2CC2)ccc2cncn12)C1CCC(c2ccc(OC(F)(F)F)cc2)CC1. The molecule has 4 nitrogen and oxygen atoms in total. The van der Waals surface area contributed by atoms with E-state index in [9.17, 15) is 18.0 Å². The van der Waals surface area contributed by atoms with E-state index < -0.39 is 6.36 Å². The number of fused-ring (bicyclic) bond motifs is 1. The van der Waals surface area contributed by atoms with Crippen LogP contribution in [0.4, 0.5) is 13.2 Å². The summed E-state index contributed by atoms with van der Waals surface area (Å²) < 4.78 is 42.9. The minimum atomic E-state index is -4.68. The third kappa shape index (κ3) is 4.18. The molecule has 2 aliphatic carbocycles. The normalized spacial score (nSPS) is 21.9. The molecule has 0 aliphatic heterocycles. The standard InChI is InChI=1S/C24H23F3N2O2/c25-24(26,27)31-20-10-7-16(8-11-20)15-1-5-18(6-2-15)23(30)22-21(17-3-4-17)12-9-19-13-28-14-29(19)22/h7-15,17-18H,1-6H2. The van der Waals surface area contributed by atoms with Crippen molar-refractivity contribution < 1.29 is 22.7 Å². The average molecular weight is 428 g/mol. The number of aromatic nitrogens is 2. The Hall–Kier alpha value is -2.83. The lowest BCUT2D eigenvalue weighted by molar-refractivity contribution is -0.274. The highest BCUT2D eigenvalue weighted by molar-refractivity contribution is 5.98. The fraction of sp³-hybridized carbons (Fsp3) is 0.417. The Bertz CT molecular complexity index is 1090. The molecule has 0 atom stereocenters. The van der Waals surface area contributed by atoms with E-state index in [0.29, 0.717) is 5.92 Å². The molecule has 0 bridgehead atoms. The van der Waals surface area contributed by atoms with Gasteiger partial charge in [0.2, 0.25) is 0 Å². The summed E-state index contributed by atoms with van der Waals surface area (Å²) in [7, 11) is 0. The van der Waals surface area contributed by atoms with E-state index in [1.54, 1.807) is 24.7 Å². The number of rotatable bonds is 5. The summed E-state index contributed by atoms with van der Waals surface area (Å²) >= 11 is 0. The second kappa shape index (κ2) is 7.70. The molecular formula is C24H23F3N2O2. The van der Waals surface area contributed by atoms with E-state index in [-0.39, 0.29) is 23.4 Å². The Labute approximate surface area is 178 Å². The molecule has 31 heavy (non-hydrogen) atoms. The fourth-order valence-corrected chi connectivity index (χ4v) is 4.82. The number of nitrogens with zero attached hydrogens (tertiary/aromatic N) is 2. The predicted molar refractivity (Wildman–Crippen MR) is 109 cm³/mol. The number of carbonyl (C=O) groups excluding carboxylic acids is 1. The molecule has 162 valence electrons. The molecule has 0 spiro atoms. The lowest BCUT2D eigenvalue weighted by Crippen LogP contribution is -2.24. The molecule has 2 heterocycles. The smallest absolute Gasteiger partial charge is 0.406 e. The molecule has 0 radical (unpaired) electrons. The van der Waals surface area contributed by atoms with Crippen LogP contribution in [-0.4, -0.2) is 21.5 Å². The Morgan fingerprint density at radius 1 is 0.935 bits per heavy atom. The van der Waals surface area contributed by atoms with Crippen LogP contribution in [-0.2, 0) is 0 Å². The van der Waals surface area contributed by atoms with Crippen LogP contribution in [0.15, 0.2) is 48.9 Å². The van der Waals surface area contributed by atoms with Gasteiger partial charge < -0.3 is 4.74 Å². The first-order valence-electron chi connectivity index (χ1n) is 10.7. The monoisotopic (exact) mass is 428 g/mol. The van der Waals surface area contributed by atoms with Crippen molar-refractivity contribution in [1.82, 2.24) is 9.38 Å². The van der Waals surface area contributed by atoms with Crippen molar-refractivity contribution in [3.63, 3.8) is 0 Å². The van der Waals surface area contributed by atoms with Gasteiger partial charge in [-0.15, -0.1) is 13.2 Å². The van der Waals surface area contributed by atoms with E-state index in [2.05, 4.69) is 15.8 Å². The van der Waals surface area contributed by atoms with Crippen molar-refractivity contribution in [2.24, 2.45) is 5.92 Å². The van der Waals surface area contributed by atoms with Gasteiger partial charge in [-0.3, -0.25) is 9.20 Å². The summed E-state index contributed by atoms with van der Waals surface area (Å²) in [4.78, 5) is 17.7. The number of imidazole rings is 1. The van der Waals surface area contributed by atoms with Crippen molar-refractivity contribution in [2.45, 2.75) is 56.7 Å². The summed E-state index contributed by atoms with van der Waals surface area (Å²) in [6.07, 6.45) is 4.31. The zero-order chi connectivity index (χ0) is 21.6. The fourth-order valence-electron chi connectivity index (χ4n) is 4.82. The molecule has 0 unspecified atom stereocenters. The largest absolute Gasteiger partial charge is 0.573 e. The zero-order valence-corrected chi connectivity index (χ0v) is 16.9. The van der Waals surface area contributed by atoms with E-state index in [1.807, 2.05) is 10.5 Å². The maximum absolute atomic E-state index is 13.5. The van der Waals surface area contributed by atoms with Gasteiger partial charge in [-0.1, -0.05) is 18.2 Å². The molecule has 0 amide bonds. The zero-order valence-electron chi connectivity index (χ0n) is 16.9. The van der Waals surface area contributed by atoms with Crippen LogP contribution in [0, 0.1) is 5.92 Å². The maximum Gasteiger partial charge on any atom is 0.573 e. The highest BCUT2D eigenvalue weighted by Gasteiger charge is 2.34. The summed E-state index contributed by atoms with van der Waals surface area (Å²) in [5.41, 5.74) is 3.85. The number of hydrogen-bond acceptors (Lipinski definition) is 3. The van der Waals surface area contributed by atoms with Crippen LogP contribution in [0.1, 0.15) is 72.0 Å². The highest BCUT2D eigenvalue weighted by Crippen LogP contribution is 2.44. The van der Waals surface area contributed by atoms with Crippen LogP contribution < -0.4 is 4.74 Å². The number of ketones is 1. The van der Waals surface area contributed by atoms with Gasteiger partial charge in [0.25, 0.3) is 0 Å². The van der Waals surface area contributed by atoms with Gasteiger partial charge in [0.15, 0.2) is 5.78 Å². The summed E-state index contributed by atoms with van der Waals surface area (Å²) in [6.45, 7) is 0. The Kier molecular flexibility index (Phi) is 4.99. The highest BCUT2D eigenvalue weighted by atomic mass is 19.4. The van der Waals surface area contributed by atoms with E-state index in [4.69, 9.17) is 0 Å². The lowest BCUT2D eigenvalue weighted by Gasteiger charge is -2.28. The van der Waals surface area contributed by atoms with Gasteiger partial charge in [0.05, 0.1) is 23.7 Å². The summed E-state index contributed by atoms with van der Waals surface area (Å²) in [6, 6.07) is 10.2. The first-order valence-corrected chi connectivity index (χ1v) is 10.7. The molecule has 1 aromatic carbocycles. The molecule has 2 saturated carbocycles. The van der Waals surface area contributed by atoms with Gasteiger partial charge in [-0.25, -0.2) is 4.98 Å². The van der Waals surface area contributed by atoms with Crippen LogP contribution in [0.2, 0.25) is 0 Å². The first kappa shape index (κ1) is 20.1. The maximum atomic E-state index is 13.5. The van der Waals surface area contributed by atoms with Crippen molar-refractivity contribution in [3.8, 4) is 5.75 Å². The Balaban J connectivity index is 1.29. The van der Waals surface area contributed by atoms with Gasteiger partial charge in [0.1, 0.15) is 5.75 Å². The van der Waals surface area contributed by atoms with Gasteiger partial charge in [-0.2, -0.15) is 0 Å². The Morgan fingerprint density at radius 3 is 2.26 bits per heavy atom. The average Bonchev–Trinajstić information content (AvgIpc) is 3.48. The molecule has 2 fully saturated rings. The minimum absolute atomic E-state index is 0.0328. The third-order valence-electron chi connectivity index (χ3n) is 6.55. The number of alkyl halides is 3. The van der Waals surface area contributed by atoms with Crippen LogP contribution >= 0.6 is 0 Å². The molecule has 5 rings (SSSR count). The first-order chi connectivity index (χ1) is 14.9. The van der Waals surface area contributed by atoms with Crippen molar-refractivity contribution in [1.29, 1.82) is 0 Å². The number of halogens is 3. The van der Waals surface area contributed by atoms with Crippen molar-refractivity contribution >= 4 is 11.3 Å². The molecule has 2 aliphatic rings. The van der Waals surface area contributed by atoms with Crippen molar-refractivity contribution in [3.05, 3.63) is 65.7 Å².